The molecule has 4 rings (SSSR count). The molecule has 1 aromatic heterocycles. The highest BCUT2D eigenvalue weighted by Crippen LogP contribution is 2.37. The highest BCUT2D eigenvalue weighted by Gasteiger charge is 2.13. The van der Waals surface area contributed by atoms with Crippen molar-refractivity contribution in [3.05, 3.63) is 99.1 Å². The van der Waals surface area contributed by atoms with E-state index in [4.69, 9.17) is 39.5 Å². The maximum Gasteiger partial charge on any atom is 0.243 e. The van der Waals surface area contributed by atoms with Crippen LogP contribution in [-0.4, -0.2) is 4.98 Å². The van der Waals surface area contributed by atoms with Gasteiger partial charge in [-0.3, -0.25) is 0 Å². The van der Waals surface area contributed by atoms with Crippen molar-refractivity contribution in [3.8, 4) is 11.6 Å². The topological polar surface area (TPSA) is 46.2 Å². The van der Waals surface area contributed by atoms with Crippen LogP contribution in [0.15, 0.2) is 72.9 Å². The van der Waals surface area contributed by atoms with Gasteiger partial charge in [-0.2, -0.15) is 0 Å². The van der Waals surface area contributed by atoms with Gasteiger partial charge in [0.2, 0.25) is 5.88 Å². The molecule has 0 radical (unpaired) electrons. The van der Waals surface area contributed by atoms with Crippen molar-refractivity contribution in [2.24, 2.45) is 0 Å². The van der Waals surface area contributed by atoms with Gasteiger partial charge >= 0.3 is 0 Å². The van der Waals surface area contributed by atoms with Gasteiger partial charge in [-0.15, -0.1) is 0 Å². The number of pyridine rings is 1. The number of benzene rings is 3. The first-order chi connectivity index (χ1) is 15.4. The van der Waals surface area contributed by atoms with E-state index in [2.05, 4.69) is 15.6 Å². The molecule has 3 aromatic carbocycles. The van der Waals surface area contributed by atoms with Crippen LogP contribution in [0.3, 0.4) is 0 Å². The molecule has 0 bridgehead atoms. The molecule has 0 aliphatic rings. The second kappa shape index (κ2) is 9.70. The van der Waals surface area contributed by atoms with E-state index in [1.807, 2.05) is 56.3 Å². The molecular formula is C25H20Cl3N3O. The summed E-state index contributed by atoms with van der Waals surface area (Å²) >= 11 is 18.6. The van der Waals surface area contributed by atoms with Crippen LogP contribution in [0.1, 0.15) is 11.1 Å². The van der Waals surface area contributed by atoms with Crippen LogP contribution in [-0.2, 0) is 0 Å². The van der Waals surface area contributed by atoms with Gasteiger partial charge in [0.05, 0.1) is 10.7 Å². The first kappa shape index (κ1) is 22.3. The van der Waals surface area contributed by atoms with Crippen LogP contribution in [0.5, 0.6) is 11.6 Å². The molecule has 0 saturated heterocycles. The summed E-state index contributed by atoms with van der Waals surface area (Å²) in [5, 5.41) is 8.80. The number of nitrogens with one attached hydrogen (secondary N) is 2. The Morgan fingerprint density at radius 2 is 1.47 bits per heavy atom. The van der Waals surface area contributed by atoms with Crippen molar-refractivity contribution in [1.82, 2.24) is 4.98 Å². The number of ether oxygens (including phenoxy) is 1. The summed E-state index contributed by atoms with van der Waals surface area (Å²) in [5.41, 5.74) is 5.32. The Morgan fingerprint density at radius 1 is 0.750 bits per heavy atom. The van der Waals surface area contributed by atoms with Gasteiger partial charge in [0.25, 0.3) is 0 Å². The van der Waals surface area contributed by atoms with E-state index in [0.29, 0.717) is 26.7 Å². The van der Waals surface area contributed by atoms with E-state index in [1.165, 1.54) is 0 Å². The van der Waals surface area contributed by atoms with Gasteiger partial charge in [0.1, 0.15) is 11.4 Å². The summed E-state index contributed by atoms with van der Waals surface area (Å²) in [6, 6.07) is 20.4. The van der Waals surface area contributed by atoms with E-state index in [9.17, 15) is 0 Å². The summed E-state index contributed by atoms with van der Waals surface area (Å²) in [6.07, 6.45) is 1.68. The van der Waals surface area contributed by atoms with Crippen LogP contribution < -0.4 is 15.4 Å². The minimum atomic E-state index is 0.451. The van der Waals surface area contributed by atoms with Crippen LogP contribution in [0.25, 0.3) is 0 Å². The lowest BCUT2D eigenvalue weighted by Crippen LogP contribution is -2.01. The maximum absolute atomic E-state index is 6.53. The summed E-state index contributed by atoms with van der Waals surface area (Å²) < 4.78 is 5.97. The Hall–Kier alpha value is -2.92. The fourth-order valence-electron chi connectivity index (χ4n) is 3.20. The van der Waals surface area contributed by atoms with E-state index >= 15 is 0 Å². The molecule has 4 aromatic rings. The van der Waals surface area contributed by atoms with Gasteiger partial charge in [-0.05, 0) is 91.7 Å². The standard InChI is InChI=1S/C25H20Cl3N3O/c1-15-14-18(27)7-11-21(15)31-24-16(2)22(12-10-20(24)28)30-23-4-3-13-29-25(23)32-19-8-5-17(26)6-9-19/h3-14,30-31H,1-2H3. The SMILES string of the molecule is Cc1cc(Cl)ccc1Nc1c(Cl)ccc(Nc2cccnc2Oc2ccc(Cl)cc2)c1C. The van der Waals surface area contributed by atoms with Crippen molar-refractivity contribution >= 4 is 57.6 Å². The normalized spacial score (nSPS) is 10.7. The van der Waals surface area contributed by atoms with Crippen LogP contribution in [0, 0.1) is 13.8 Å². The molecule has 2 N–H and O–H groups in total. The van der Waals surface area contributed by atoms with Crippen molar-refractivity contribution in [1.29, 1.82) is 0 Å². The van der Waals surface area contributed by atoms with Gasteiger partial charge in [-0.1, -0.05) is 34.8 Å². The number of halogens is 3. The zero-order valence-corrected chi connectivity index (χ0v) is 19.7. The Labute approximate surface area is 202 Å². The van der Waals surface area contributed by atoms with Crippen molar-refractivity contribution < 1.29 is 4.74 Å². The monoisotopic (exact) mass is 483 g/mol. The number of nitrogens with zero attached hydrogens (tertiary/aromatic N) is 1. The molecular weight excluding hydrogens is 465 g/mol. The Bertz CT molecular complexity index is 1260. The Morgan fingerprint density at radius 3 is 2.22 bits per heavy atom. The Balaban J connectivity index is 1.63. The smallest absolute Gasteiger partial charge is 0.243 e. The third-order valence-electron chi connectivity index (χ3n) is 4.93. The maximum atomic E-state index is 6.53. The van der Waals surface area contributed by atoms with Gasteiger partial charge in [0.15, 0.2) is 0 Å². The highest BCUT2D eigenvalue weighted by molar-refractivity contribution is 6.34. The molecule has 0 aliphatic carbocycles. The second-order valence-corrected chi connectivity index (χ2v) is 8.50. The number of aromatic nitrogens is 1. The third-order valence-corrected chi connectivity index (χ3v) is 5.73. The third kappa shape index (κ3) is 5.10. The molecule has 1 heterocycles. The molecule has 0 unspecified atom stereocenters. The summed E-state index contributed by atoms with van der Waals surface area (Å²) in [6.45, 7) is 3.99. The van der Waals surface area contributed by atoms with Crippen molar-refractivity contribution in [2.45, 2.75) is 13.8 Å². The average molecular weight is 485 g/mol. The molecule has 7 heteroatoms. The molecule has 0 atom stereocenters. The summed E-state index contributed by atoms with van der Waals surface area (Å²) in [5.74, 6) is 1.09. The molecule has 162 valence electrons. The molecule has 4 nitrogen and oxygen atoms in total. The van der Waals surface area contributed by atoms with Gasteiger partial charge < -0.3 is 15.4 Å². The average Bonchev–Trinajstić information content (AvgIpc) is 2.77. The predicted molar refractivity (Wildman–Crippen MR) is 135 cm³/mol. The van der Waals surface area contributed by atoms with Crippen LogP contribution >= 0.6 is 34.8 Å². The number of anilines is 4. The first-order valence-electron chi connectivity index (χ1n) is 9.88. The van der Waals surface area contributed by atoms with E-state index < -0.39 is 0 Å². The zero-order valence-electron chi connectivity index (χ0n) is 17.4. The van der Waals surface area contributed by atoms with Gasteiger partial charge in [-0.25, -0.2) is 4.98 Å². The molecule has 0 fully saturated rings. The quantitative estimate of drug-likeness (QED) is 0.287. The number of rotatable bonds is 6. The van der Waals surface area contributed by atoms with E-state index in [1.54, 1.807) is 30.5 Å². The van der Waals surface area contributed by atoms with Crippen LogP contribution in [0.2, 0.25) is 15.1 Å². The lowest BCUT2D eigenvalue weighted by molar-refractivity contribution is 0.465. The Kier molecular flexibility index (Phi) is 6.75. The molecule has 0 spiro atoms. The minimum Gasteiger partial charge on any atom is -0.437 e. The molecule has 0 amide bonds. The second-order valence-electron chi connectivity index (χ2n) is 7.22. The van der Waals surface area contributed by atoms with E-state index in [0.717, 1.165) is 33.9 Å². The minimum absolute atomic E-state index is 0.451. The number of hydrogen-bond donors (Lipinski definition) is 2. The largest absolute Gasteiger partial charge is 0.437 e. The fourth-order valence-corrected chi connectivity index (χ4v) is 3.80. The fraction of sp³-hybridized carbons (Fsp3) is 0.0800. The molecule has 0 aliphatic heterocycles. The summed E-state index contributed by atoms with van der Waals surface area (Å²) in [4.78, 5) is 4.38. The highest BCUT2D eigenvalue weighted by atomic mass is 35.5. The molecule has 0 saturated carbocycles. The number of hydrogen-bond acceptors (Lipinski definition) is 4. The number of aryl methyl sites for hydroxylation is 1. The predicted octanol–water partition coefficient (Wildman–Crippen LogP) is 8.94. The molecule has 32 heavy (non-hydrogen) atoms. The van der Waals surface area contributed by atoms with Crippen molar-refractivity contribution in [3.63, 3.8) is 0 Å². The van der Waals surface area contributed by atoms with Crippen molar-refractivity contribution in [2.75, 3.05) is 10.6 Å². The van der Waals surface area contributed by atoms with E-state index in [-0.39, 0.29) is 0 Å². The van der Waals surface area contributed by atoms with Gasteiger partial charge in [0, 0.05) is 27.6 Å². The first-order valence-corrected chi connectivity index (χ1v) is 11.0. The lowest BCUT2D eigenvalue weighted by atomic mass is 10.1. The zero-order chi connectivity index (χ0) is 22.7. The van der Waals surface area contributed by atoms with Crippen LogP contribution in [0.4, 0.5) is 22.7 Å². The lowest BCUT2D eigenvalue weighted by Gasteiger charge is -2.18. The summed E-state index contributed by atoms with van der Waals surface area (Å²) in [7, 11) is 0.